The smallest absolute Gasteiger partial charge is 0.293 e. The van der Waals surface area contributed by atoms with E-state index in [2.05, 4.69) is 56.2 Å². The number of piperazine rings is 1. The standard InChI is InChI=1S/C42H43ClN6O5S2/c43-33-14-10-29(11-15-33)38-9-5-4-6-32(38)26-47-22-23-48-35(27-47)16-12-30-24-31(13-19-40(30)48)42(50)46-56(53,54)37-17-18-39(41(25-37)49(51)52)45-21-20-34(44)28-55-36-7-2-1-3-8-36/h1-11,13-15,17-19,24-25,34-35,45H,12,16,20-23,26-28,44H2,(H,46,50)/t34-,35-/m1/s1. The maximum absolute atomic E-state index is 13.3. The Hall–Kier alpha value is -4.92. The van der Waals surface area contributed by atoms with Gasteiger partial charge in [0.1, 0.15) is 5.69 Å². The number of hydrogen-bond donors (Lipinski definition) is 3. The molecule has 7 rings (SSSR count). The molecule has 0 saturated carbocycles. The van der Waals surface area contributed by atoms with Gasteiger partial charge in [0.15, 0.2) is 0 Å². The summed E-state index contributed by atoms with van der Waals surface area (Å²) in [6.07, 6.45) is 2.19. The van der Waals surface area contributed by atoms with Gasteiger partial charge in [0.2, 0.25) is 0 Å². The number of aryl methyl sites for hydroxylation is 1. The predicted octanol–water partition coefficient (Wildman–Crippen LogP) is 7.59. The number of anilines is 2. The molecule has 2 aliphatic heterocycles. The molecule has 0 unspecified atom stereocenters. The van der Waals surface area contributed by atoms with Crippen molar-refractivity contribution in [3.8, 4) is 11.1 Å². The molecule has 0 spiro atoms. The lowest BCUT2D eigenvalue weighted by atomic mass is 9.92. The van der Waals surface area contributed by atoms with E-state index in [-0.39, 0.29) is 22.2 Å². The van der Waals surface area contributed by atoms with Crippen LogP contribution in [0.1, 0.15) is 34.3 Å². The molecule has 0 bridgehead atoms. The quantitative estimate of drug-likeness (QED) is 0.0582. The summed E-state index contributed by atoms with van der Waals surface area (Å²) in [7, 11) is -4.42. The van der Waals surface area contributed by atoms with Crippen LogP contribution >= 0.6 is 23.4 Å². The Bertz CT molecular complexity index is 2310. The van der Waals surface area contributed by atoms with Crippen LogP contribution in [0.15, 0.2) is 125 Å². The minimum absolute atomic E-state index is 0.155. The van der Waals surface area contributed by atoms with Crippen LogP contribution in [0.3, 0.4) is 0 Å². The number of carbonyl (C=O) groups excluding carboxylic acids is 1. The average molecular weight is 811 g/mol. The molecule has 5 aromatic rings. The molecule has 290 valence electrons. The zero-order chi connectivity index (χ0) is 39.2. The summed E-state index contributed by atoms with van der Waals surface area (Å²) in [6, 6.07) is 35.3. The minimum Gasteiger partial charge on any atom is -0.379 e. The van der Waals surface area contributed by atoms with Gasteiger partial charge in [0.25, 0.3) is 21.6 Å². The molecule has 11 nitrogen and oxygen atoms in total. The second kappa shape index (κ2) is 17.5. The van der Waals surface area contributed by atoms with Gasteiger partial charge in [0, 0.05) is 77.8 Å². The number of amides is 1. The number of benzene rings is 5. The highest BCUT2D eigenvalue weighted by atomic mass is 35.5. The molecule has 2 aliphatic rings. The molecule has 1 saturated heterocycles. The number of fused-ring (bicyclic) bond motifs is 3. The van der Waals surface area contributed by atoms with Crippen molar-refractivity contribution in [1.82, 2.24) is 9.62 Å². The third-order valence-corrected chi connectivity index (χ3v) is 13.1. The normalized spacial score (nSPS) is 16.0. The molecule has 14 heteroatoms. The lowest BCUT2D eigenvalue weighted by Gasteiger charge is -2.46. The van der Waals surface area contributed by atoms with Crippen molar-refractivity contribution in [3.63, 3.8) is 0 Å². The molecule has 0 aromatic heterocycles. The van der Waals surface area contributed by atoms with E-state index in [0.717, 1.165) is 66.8 Å². The van der Waals surface area contributed by atoms with Crippen LogP contribution in [0.2, 0.25) is 5.02 Å². The zero-order valence-electron chi connectivity index (χ0n) is 30.6. The molecule has 1 fully saturated rings. The molecular weight excluding hydrogens is 768 g/mol. The van der Waals surface area contributed by atoms with Crippen molar-refractivity contribution in [2.24, 2.45) is 5.73 Å². The maximum atomic E-state index is 13.3. The molecular formula is C42H43ClN6O5S2. The number of carbonyl (C=O) groups is 1. The Morgan fingerprint density at radius 2 is 1.73 bits per heavy atom. The summed E-state index contributed by atoms with van der Waals surface area (Å²) < 4.78 is 28.8. The number of nitro groups is 1. The van der Waals surface area contributed by atoms with Crippen LogP contribution in [-0.2, 0) is 23.0 Å². The first-order valence-corrected chi connectivity index (χ1v) is 21.4. The average Bonchev–Trinajstić information content (AvgIpc) is 3.20. The number of nitro benzene ring substituents is 1. The molecule has 2 atom stereocenters. The number of nitrogens with one attached hydrogen (secondary N) is 2. The number of nitrogens with two attached hydrogens (primary N) is 1. The Balaban J connectivity index is 0.954. The van der Waals surface area contributed by atoms with Crippen LogP contribution in [-0.4, -0.2) is 68.2 Å². The second-order valence-electron chi connectivity index (χ2n) is 14.1. The summed E-state index contributed by atoms with van der Waals surface area (Å²) in [5.74, 6) is -0.124. The molecule has 4 N–H and O–H groups in total. The van der Waals surface area contributed by atoms with Crippen molar-refractivity contribution in [2.45, 2.75) is 47.7 Å². The number of halogens is 1. The van der Waals surface area contributed by atoms with Crippen molar-refractivity contribution in [1.29, 1.82) is 0 Å². The first-order valence-electron chi connectivity index (χ1n) is 18.5. The van der Waals surface area contributed by atoms with E-state index < -0.39 is 26.5 Å². The zero-order valence-corrected chi connectivity index (χ0v) is 33.0. The summed E-state index contributed by atoms with van der Waals surface area (Å²) in [4.78, 5) is 30.2. The number of nitrogens with zero attached hydrogens (tertiary/aromatic N) is 3. The Morgan fingerprint density at radius 3 is 2.52 bits per heavy atom. The number of sulfonamides is 1. The number of hydrogen-bond acceptors (Lipinski definition) is 10. The van der Waals surface area contributed by atoms with Gasteiger partial charge in [-0.25, -0.2) is 13.1 Å². The van der Waals surface area contributed by atoms with Gasteiger partial charge in [-0.05, 0) is 96.1 Å². The van der Waals surface area contributed by atoms with Crippen LogP contribution in [0, 0.1) is 10.1 Å². The van der Waals surface area contributed by atoms with Crippen LogP contribution in [0.5, 0.6) is 0 Å². The van der Waals surface area contributed by atoms with Gasteiger partial charge >= 0.3 is 0 Å². The molecule has 1 amide bonds. The first kappa shape index (κ1) is 39.3. The minimum atomic E-state index is -4.42. The largest absolute Gasteiger partial charge is 0.379 e. The molecule has 2 heterocycles. The summed E-state index contributed by atoms with van der Waals surface area (Å²) in [5.41, 5.74) is 11.8. The van der Waals surface area contributed by atoms with Crippen molar-refractivity contribution >= 4 is 56.4 Å². The summed E-state index contributed by atoms with van der Waals surface area (Å²) in [5, 5.41) is 15.7. The lowest BCUT2D eigenvalue weighted by Crippen LogP contribution is -2.54. The molecule has 0 aliphatic carbocycles. The number of thioether (sulfide) groups is 1. The van der Waals surface area contributed by atoms with E-state index in [9.17, 15) is 23.3 Å². The van der Waals surface area contributed by atoms with Crippen molar-refractivity contribution in [3.05, 3.63) is 147 Å². The van der Waals surface area contributed by atoms with Crippen molar-refractivity contribution < 1.29 is 18.1 Å². The molecule has 5 aromatic carbocycles. The van der Waals surface area contributed by atoms with Crippen LogP contribution in [0.25, 0.3) is 11.1 Å². The number of rotatable bonds is 14. The Labute approximate surface area is 336 Å². The van der Waals surface area contributed by atoms with Crippen molar-refractivity contribution in [2.75, 3.05) is 42.1 Å². The SMILES string of the molecule is N[C@H](CCNc1ccc(S(=O)(=O)NC(=O)c2ccc3c(c2)CC[C@@H]2CN(Cc4ccccc4-c4ccc(Cl)cc4)CCN32)cc1[N+](=O)[O-])CSc1ccccc1. The van der Waals surface area contributed by atoms with E-state index in [1.165, 1.54) is 23.3 Å². The monoisotopic (exact) mass is 810 g/mol. The summed E-state index contributed by atoms with van der Waals surface area (Å²) >= 11 is 7.77. The maximum Gasteiger partial charge on any atom is 0.293 e. The highest BCUT2D eigenvalue weighted by Gasteiger charge is 2.33. The highest BCUT2D eigenvalue weighted by Crippen LogP contribution is 2.35. The van der Waals surface area contributed by atoms with Gasteiger partial charge in [0.05, 0.1) is 9.82 Å². The third kappa shape index (κ3) is 9.36. The third-order valence-electron chi connectivity index (χ3n) is 10.3. The van der Waals surface area contributed by atoms with Crippen LogP contribution < -0.4 is 20.7 Å². The summed E-state index contributed by atoms with van der Waals surface area (Å²) in [6.45, 7) is 3.78. The van der Waals surface area contributed by atoms with Gasteiger partial charge < -0.3 is 16.0 Å². The second-order valence-corrected chi connectivity index (χ2v) is 17.3. The van der Waals surface area contributed by atoms with E-state index in [4.69, 9.17) is 17.3 Å². The van der Waals surface area contributed by atoms with Gasteiger partial charge in [-0.15, -0.1) is 11.8 Å². The fourth-order valence-corrected chi connectivity index (χ4v) is 9.42. The van der Waals surface area contributed by atoms with Crippen LogP contribution in [0.4, 0.5) is 17.1 Å². The Morgan fingerprint density at radius 1 is 0.964 bits per heavy atom. The fraction of sp³-hybridized carbons (Fsp3) is 0.262. The fourth-order valence-electron chi connectivity index (χ4n) is 7.38. The Kier molecular flexibility index (Phi) is 12.3. The first-order chi connectivity index (χ1) is 27.0. The van der Waals surface area contributed by atoms with E-state index in [1.807, 2.05) is 48.5 Å². The van der Waals surface area contributed by atoms with Gasteiger partial charge in [-0.1, -0.05) is 66.2 Å². The molecule has 56 heavy (non-hydrogen) atoms. The van der Waals surface area contributed by atoms with E-state index in [0.29, 0.717) is 29.8 Å². The highest BCUT2D eigenvalue weighted by molar-refractivity contribution is 7.99. The van der Waals surface area contributed by atoms with Gasteiger partial charge in [-0.3, -0.25) is 19.8 Å². The lowest BCUT2D eigenvalue weighted by molar-refractivity contribution is -0.384. The topological polar surface area (TPSA) is 151 Å². The molecule has 0 radical (unpaired) electrons. The van der Waals surface area contributed by atoms with E-state index >= 15 is 0 Å². The van der Waals surface area contributed by atoms with Gasteiger partial charge in [-0.2, -0.15) is 0 Å². The van der Waals surface area contributed by atoms with E-state index in [1.54, 1.807) is 23.9 Å². The predicted molar refractivity (Wildman–Crippen MR) is 224 cm³/mol.